The molecule has 23 heavy (non-hydrogen) atoms. The molecule has 2 amide bonds. The first-order chi connectivity index (χ1) is 11.1. The minimum atomic E-state index is -0.475. The second-order valence-corrected chi connectivity index (χ2v) is 6.10. The van der Waals surface area contributed by atoms with Gasteiger partial charge in [0.05, 0.1) is 17.1 Å². The van der Waals surface area contributed by atoms with Crippen molar-refractivity contribution < 1.29 is 14.0 Å². The Balaban J connectivity index is 1.65. The third-order valence-corrected chi connectivity index (χ3v) is 4.57. The molecule has 0 radical (unpaired) electrons. The summed E-state index contributed by atoms with van der Waals surface area (Å²) in [6, 6.07) is 13.6. The maximum absolute atomic E-state index is 13.5. The fraction of sp³-hybridized carbons (Fsp3) is 0.176. The van der Waals surface area contributed by atoms with Crippen molar-refractivity contribution in [2.24, 2.45) is 0 Å². The van der Waals surface area contributed by atoms with Crippen LogP contribution in [0.3, 0.4) is 0 Å². The summed E-state index contributed by atoms with van der Waals surface area (Å²) in [4.78, 5) is 26.7. The Morgan fingerprint density at radius 2 is 1.91 bits per heavy atom. The van der Waals surface area contributed by atoms with E-state index in [1.54, 1.807) is 17.0 Å². The van der Waals surface area contributed by atoms with Gasteiger partial charge in [0.1, 0.15) is 5.82 Å². The number of hydrogen-bond acceptors (Lipinski definition) is 3. The van der Waals surface area contributed by atoms with Crippen LogP contribution in [0, 0.1) is 5.82 Å². The summed E-state index contributed by atoms with van der Waals surface area (Å²) in [5.41, 5.74) is 0.978. The van der Waals surface area contributed by atoms with Crippen molar-refractivity contribution in [2.75, 3.05) is 22.5 Å². The molecule has 4 nitrogen and oxygen atoms in total. The SMILES string of the molecule is O=C(CCN1C(=O)CSc2ccccc21)Nc1ccccc1F. The van der Waals surface area contributed by atoms with E-state index in [2.05, 4.69) is 5.32 Å². The molecule has 2 aromatic rings. The van der Waals surface area contributed by atoms with Gasteiger partial charge in [-0.3, -0.25) is 9.59 Å². The standard InChI is InChI=1S/C17H15FN2O2S/c18-12-5-1-2-6-13(12)19-16(21)9-10-20-14-7-3-4-8-15(14)23-11-17(20)22/h1-8H,9-11H2,(H,19,21). The van der Waals surface area contributed by atoms with Gasteiger partial charge in [0.15, 0.2) is 0 Å². The molecule has 0 aliphatic carbocycles. The quantitative estimate of drug-likeness (QED) is 0.936. The van der Waals surface area contributed by atoms with Gasteiger partial charge < -0.3 is 10.2 Å². The molecule has 1 aliphatic rings. The Morgan fingerprint density at radius 1 is 1.17 bits per heavy atom. The molecule has 0 aromatic heterocycles. The fourth-order valence-electron chi connectivity index (χ4n) is 2.39. The molecule has 6 heteroatoms. The van der Waals surface area contributed by atoms with Gasteiger partial charge in [0.25, 0.3) is 0 Å². The number of anilines is 2. The van der Waals surface area contributed by atoms with Gasteiger partial charge in [0.2, 0.25) is 11.8 Å². The monoisotopic (exact) mass is 330 g/mol. The zero-order chi connectivity index (χ0) is 16.2. The summed E-state index contributed by atoms with van der Waals surface area (Å²) < 4.78 is 13.5. The number of halogens is 1. The minimum absolute atomic E-state index is 0.0209. The van der Waals surface area contributed by atoms with Crippen molar-refractivity contribution >= 4 is 35.0 Å². The molecule has 0 saturated carbocycles. The average Bonchev–Trinajstić information content (AvgIpc) is 2.56. The van der Waals surface area contributed by atoms with Crippen molar-refractivity contribution in [2.45, 2.75) is 11.3 Å². The Bertz CT molecular complexity index is 751. The van der Waals surface area contributed by atoms with E-state index < -0.39 is 5.82 Å². The second-order valence-electron chi connectivity index (χ2n) is 5.08. The lowest BCUT2D eigenvalue weighted by atomic mass is 10.2. The number of amides is 2. The number of thioether (sulfide) groups is 1. The largest absolute Gasteiger partial charge is 0.324 e. The van der Waals surface area contributed by atoms with Gasteiger partial charge in [-0.1, -0.05) is 24.3 Å². The van der Waals surface area contributed by atoms with Crippen LogP contribution in [0.1, 0.15) is 6.42 Å². The summed E-state index contributed by atoms with van der Waals surface area (Å²) >= 11 is 1.50. The smallest absolute Gasteiger partial charge is 0.237 e. The van der Waals surface area contributed by atoms with Crippen LogP contribution in [0.15, 0.2) is 53.4 Å². The van der Waals surface area contributed by atoms with E-state index in [-0.39, 0.29) is 30.5 Å². The van der Waals surface area contributed by atoms with Crippen molar-refractivity contribution in [1.29, 1.82) is 0 Å². The zero-order valence-corrected chi connectivity index (χ0v) is 13.1. The van der Waals surface area contributed by atoms with Crippen LogP contribution in [0.25, 0.3) is 0 Å². The van der Waals surface area contributed by atoms with Gasteiger partial charge in [-0.25, -0.2) is 4.39 Å². The maximum atomic E-state index is 13.5. The van der Waals surface area contributed by atoms with Crippen molar-refractivity contribution in [1.82, 2.24) is 0 Å². The average molecular weight is 330 g/mol. The molecule has 0 bridgehead atoms. The Kier molecular flexibility index (Phi) is 4.62. The zero-order valence-electron chi connectivity index (χ0n) is 12.3. The highest BCUT2D eigenvalue weighted by atomic mass is 32.2. The summed E-state index contributed by atoms with van der Waals surface area (Å²) in [5, 5.41) is 2.53. The molecule has 1 N–H and O–H groups in total. The number of carbonyl (C=O) groups is 2. The van der Waals surface area contributed by atoms with Crippen LogP contribution >= 0.6 is 11.8 Å². The van der Waals surface area contributed by atoms with E-state index in [0.717, 1.165) is 10.6 Å². The topological polar surface area (TPSA) is 49.4 Å². The van der Waals surface area contributed by atoms with Crippen LogP contribution in [0.4, 0.5) is 15.8 Å². The molecule has 118 valence electrons. The lowest BCUT2D eigenvalue weighted by Crippen LogP contribution is -2.37. The lowest BCUT2D eigenvalue weighted by Gasteiger charge is -2.28. The van der Waals surface area contributed by atoms with Crippen molar-refractivity contribution in [3.05, 3.63) is 54.3 Å². The van der Waals surface area contributed by atoms with Gasteiger partial charge in [-0.2, -0.15) is 0 Å². The molecule has 0 atom stereocenters. The third kappa shape index (κ3) is 3.53. The predicted molar refractivity (Wildman–Crippen MR) is 89.2 cm³/mol. The number of nitrogens with one attached hydrogen (secondary N) is 1. The molecule has 0 saturated heterocycles. The predicted octanol–water partition coefficient (Wildman–Crippen LogP) is 3.29. The highest BCUT2D eigenvalue weighted by Crippen LogP contribution is 2.34. The van der Waals surface area contributed by atoms with Crippen LogP contribution < -0.4 is 10.2 Å². The van der Waals surface area contributed by atoms with E-state index in [4.69, 9.17) is 0 Å². The molecule has 0 fully saturated rings. The summed E-state index contributed by atoms with van der Waals surface area (Å²) in [7, 11) is 0. The molecule has 0 spiro atoms. The summed E-state index contributed by atoms with van der Waals surface area (Å²) in [5.74, 6) is -0.450. The van der Waals surface area contributed by atoms with Crippen LogP contribution in [-0.4, -0.2) is 24.1 Å². The summed E-state index contributed by atoms with van der Waals surface area (Å²) in [6.45, 7) is 0.274. The Hall–Kier alpha value is -2.34. The minimum Gasteiger partial charge on any atom is -0.324 e. The fourth-order valence-corrected chi connectivity index (χ4v) is 3.32. The van der Waals surface area contributed by atoms with Crippen LogP contribution in [0.2, 0.25) is 0 Å². The third-order valence-electron chi connectivity index (χ3n) is 3.52. The number of hydrogen-bond donors (Lipinski definition) is 1. The van der Waals surface area contributed by atoms with Crippen molar-refractivity contribution in [3.63, 3.8) is 0 Å². The summed E-state index contributed by atoms with van der Waals surface area (Å²) in [6.07, 6.45) is 0.110. The highest BCUT2D eigenvalue weighted by Gasteiger charge is 2.24. The molecular weight excluding hydrogens is 315 g/mol. The number of rotatable bonds is 4. The number of carbonyl (C=O) groups excluding carboxylic acids is 2. The van der Waals surface area contributed by atoms with E-state index in [1.165, 1.54) is 23.9 Å². The van der Waals surface area contributed by atoms with Gasteiger partial charge >= 0.3 is 0 Å². The van der Waals surface area contributed by atoms with E-state index >= 15 is 0 Å². The van der Waals surface area contributed by atoms with E-state index in [0.29, 0.717) is 5.75 Å². The molecule has 1 aliphatic heterocycles. The lowest BCUT2D eigenvalue weighted by molar-refractivity contribution is -0.117. The van der Waals surface area contributed by atoms with E-state index in [9.17, 15) is 14.0 Å². The molecule has 3 rings (SSSR count). The first kappa shape index (κ1) is 15.6. The van der Waals surface area contributed by atoms with E-state index in [1.807, 2.05) is 24.3 Å². The molecule has 2 aromatic carbocycles. The second kappa shape index (κ2) is 6.83. The normalized spacial score (nSPS) is 13.6. The Morgan fingerprint density at radius 3 is 2.74 bits per heavy atom. The number of nitrogens with zero attached hydrogens (tertiary/aromatic N) is 1. The highest BCUT2D eigenvalue weighted by molar-refractivity contribution is 8.00. The molecule has 1 heterocycles. The van der Waals surface area contributed by atoms with Crippen molar-refractivity contribution in [3.8, 4) is 0 Å². The van der Waals surface area contributed by atoms with Gasteiger partial charge in [-0.05, 0) is 24.3 Å². The Labute approximate surface area is 137 Å². The molecule has 0 unspecified atom stereocenters. The van der Waals surface area contributed by atoms with Crippen LogP contribution in [-0.2, 0) is 9.59 Å². The number of benzene rings is 2. The van der Waals surface area contributed by atoms with Crippen LogP contribution in [0.5, 0.6) is 0 Å². The number of fused-ring (bicyclic) bond motifs is 1. The van der Waals surface area contributed by atoms with Gasteiger partial charge in [0, 0.05) is 17.9 Å². The first-order valence-electron chi connectivity index (χ1n) is 7.22. The maximum Gasteiger partial charge on any atom is 0.237 e. The first-order valence-corrected chi connectivity index (χ1v) is 8.20. The van der Waals surface area contributed by atoms with Gasteiger partial charge in [-0.15, -0.1) is 11.8 Å². The number of para-hydroxylation sites is 2. The molecular formula is C17H15FN2O2S.